The van der Waals surface area contributed by atoms with E-state index in [4.69, 9.17) is 0 Å². The summed E-state index contributed by atoms with van der Waals surface area (Å²) in [6, 6.07) is 4.64. The fraction of sp³-hybridized carbons (Fsp3) is 0.407. The number of rotatable bonds is 8. The monoisotopic (exact) mass is 489 g/mol. The van der Waals surface area contributed by atoms with Crippen LogP contribution in [0.15, 0.2) is 46.9 Å². The van der Waals surface area contributed by atoms with Crippen LogP contribution in [0.1, 0.15) is 45.6 Å². The second-order valence-corrected chi connectivity index (χ2v) is 9.02. The van der Waals surface area contributed by atoms with Crippen molar-refractivity contribution in [1.29, 1.82) is 5.26 Å². The van der Waals surface area contributed by atoms with Crippen LogP contribution in [-0.4, -0.2) is 24.8 Å². The maximum atomic E-state index is 14.5. The predicted octanol–water partition coefficient (Wildman–Crippen LogP) is 6.59. The van der Waals surface area contributed by atoms with E-state index in [-0.39, 0.29) is 29.2 Å². The predicted molar refractivity (Wildman–Crippen MR) is 134 cm³/mol. The Labute approximate surface area is 204 Å². The lowest BCUT2D eigenvalue weighted by Gasteiger charge is -2.26. The van der Waals surface area contributed by atoms with E-state index in [2.05, 4.69) is 12.8 Å². The van der Waals surface area contributed by atoms with E-state index in [9.17, 15) is 27.6 Å². The Kier molecular flexibility index (Phi) is 10.3. The quantitative estimate of drug-likeness (QED) is 0.239. The van der Waals surface area contributed by atoms with Gasteiger partial charge < -0.3 is 9.47 Å². The molecule has 2 rings (SSSR count). The number of anilines is 1. The van der Waals surface area contributed by atoms with E-state index in [0.29, 0.717) is 24.2 Å². The zero-order valence-corrected chi connectivity index (χ0v) is 20.7. The molecule has 2 aromatic rings. The van der Waals surface area contributed by atoms with Crippen molar-refractivity contribution in [2.24, 2.45) is 5.41 Å². The minimum atomic E-state index is -4.31. The van der Waals surface area contributed by atoms with Crippen molar-refractivity contribution >= 4 is 16.6 Å². The third kappa shape index (κ3) is 7.75. The molecular weight excluding hydrogens is 458 g/mol. The van der Waals surface area contributed by atoms with Crippen LogP contribution in [0.3, 0.4) is 0 Å². The molecule has 0 unspecified atom stereocenters. The molecule has 35 heavy (non-hydrogen) atoms. The number of alkyl halides is 3. The van der Waals surface area contributed by atoms with Gasteiger partial charge in [-0.05, 0) is 43.7 Å². The second-order valence-electron chi connectivity index (χ2n) is 9.02. The highest BCUT2D eigenvalue weighted by molar-refractivity contribution is 5.84. The maximum absolute atomic E-state index is 14.5. The van der Waals surface area contributed by atoms with Gasteiger partial charge in [0, 0.05) is 32.4 Å². The van der Waals surface area contributed by atoms with Gasteiger partial charge >= 0.3 is 6.18 Å². The van der Waals surface area contributed by atoms with Crippen LogP contribution in [0, 0.1) is 35.4 Å². The van der Waals surface area contributed by atoms with Gasteiger partial charge in [0.1, 0.15) is 17.4 Å². The van der Waals surface area contributed by atoms with Crippen molar-refractivity contribution in [3.05, 3.63) is 63.7 Å². The zero-order chi connectivity index (χ0) is 27.0. The second kappa shape index (κ2) is 12.3. The van der Waals surface area contributed by atoms with Crippen molar-refractivity contribution < 1.29 is 17.6 Å². The van der Waals surface area contributed by atoms with Gasteiger partial charge in [-0.2, -0.15) is 18.4 Å². The first-order valence-corrected chi connectivity index (χ1v) is 11.0. The fourth-order valence-electron chi connectivity index (χ4n) is 3.69. The number of hydrogen-bond donors (Lipinski definition) is 0. The molecule has 0 amide bonds. The summed E-state index contributed by atoms with van der Waals surface area (Å²) in [6.45, 7) is 5.77. The number of pyridine rings is 1. The van der Waals surface area contributed by atoms with E-state index in [0.717, 1.165) is 12.1 Å². The molecule has 0 fully saturated rings. The van der Waals surface area contributed by atoms with Crippen LogP contribution in [0.4, 0.5) is 23.2 Å². The van der Waals surface area contributed by atoms with Gasteiger partial charge in [0.2, 0.25) is 5.43 Å². The minimum absolute atomic E-state index is 0.0723. The SMILES string of the molecule is C#C.C/C=C(\CC/C=C\CC(C)(C)Cn1cc(C#N)c(=O)c2cc(F)c(N(C)C)cc21)C(F)(F)F. The summed E-state index contributed by atoms with van der Waals surface area (Å²) in [6.07, 6.45) is 10.6. The van der Waals surface area contributed by atoms with Crippen LogP contribution < -0.4 is 10.3 Å². The summed E-state index contributed by atoms with van der Waals surface area (Å²) in [7, 11) is 3.39. The van der Waals surface area contributed by atoms with E-state index in [1.165, 1.54) is 13.1 Å². The molecule has 0 spiro atoms. The summed E-state index contributed by atoms with van der Waals surface area (Å²) < 4.78 is 54.7. The average Bonchev–Trinajstić information content (AvgIpc) is 2.78. The zero-order valence-electron chi connectivity index (χ0n) is 20.7. The lowest BCUT2D eigenvalue weighted by molar-refractivity contribution is -0.0940. The molecule has 1 aromatic heterocycles. The lowest BCUT2D eigenvalue weighted by Crippen LogP contribution is -2.23. The van der Waals surface area contributed by atoms with E-state index < -0.39 is 23.0 Å². The van der Waals surface area contributed by atoms with Crippen molar-refractivity contribution in [1.82, 2.24) is 4.57 Å². The number of benzene rings is 1. The summed E-state index contributed by atoms with van der Waals surface area (Å²) >= 11 is 0. The Hall–Kier alpha value is -3.52. The molecule has 4 nitrogen and oxygen atoms in total. The third-order valence-electron chi connectivity index (χ3n) is 5.48. The molecule has 0 bridgehead atoms. The Morgan fingerprint density at radius 3 is 2.34 bits per heavy atom. The molecule has 188 valence electrons. The largest absolute Gasteiger partial charge is 0.412 e. The van der Waals surface area contributed by atoms with Crippen molar-refractivity contribution in [3.63, 3.8) is 0 Å². The standard InChI is InChI=1S/C25H29F4N3O.C2H2/c1-6-18(25(27,28)29)10-8-7-9-11-24(2,3)16-32-15-17(14-30)23(33)19-12-20(26)22(31(4)5)13-21(19)32;1-2/h6-7,9,12-13,15H,8,10-11,16H2,1-5H3;1-2H/b9-7-,18-6+;. The van der Waals surface area contributed by atoms with Crippen molar-refractivity contribution in [2.75, 3.05) is 19.0 Å². The number of terminal acetylenes is 1. The van der Waals surface area contributed by atoms with Gasteiger partial charge in [-0.15, -0.1) is 12.8 Å². The highest BCUT2D eigenvalue weighted by atomic mass is 19.4. The normalized spacial score (nSPS) is 12.3. The molecule has 0 aliphatic heterocycles. The van der Waals surface area contributed by atoms with Crippen LogP contribution >= 0.6 is 0 Å². The number of halogens is 4. The number of fused-ring (bicyclic) bond motifs is 1. The number of allylic oxidation sites excluding steroid dienone is 4. The number of aromatic nitrogens is 1. The Morgan fingerprint density at radius 1 is 1.20 bits per heavy atom. The fourth-order valence-corrected chi connectivity index (χ4v) is 3.69. The molecule has 0 aliphatic rings. The van der Waals surface area contributed by atoms with E-state index in [1.54, 1.807) is 35.7 Å². The van der Waals surface area contributed by atoms with Gasteiger partial charge in [0.05, 0.1) is 16.6 Å². The van der Waals surface area contributed by atoms with Crippen LogP contribution in [-0.2, 0) is 6.54 Å². The van der Waals surface area contributed by atoms with Crippen LogP contribution in [0.5, 0.6) is 0 Å². The van der Waals surface area contributed by atoms with E-state index >= 15 is 0 Å². The van der Waals surface area contributed by atoms with Gasteiger partial charge in [-0.3, -0.25) is 4.79 Å². The Morgan fingerprint density at radius 2 is 1.83 bits per heavy atom. The molecule has 0 saturated heterocycles. The smallest absolute Gasteiger partial charge is 0.375 e. The molecule has 0 aliphatic carbocycles. The summed E-state index contributed by atoms with van der Waals surface area (Å²) in [4.78, 5) is 14.2. The average molecular weight is 490 g/mol. The van der Waals surface area contributed by atoms with Gasteiger partial charge in [-0.25, -0.2) is 4.39 Å². The van der Waals surface area contributed by atoms with Gasteiger partial charge in [0.25, 0.3) is 0 Å². The molecule has 1 aromatic carbocycles. The highest BCUT2D eigenvalue weighted by Crippen LogP contribution is 2.30. The first-order chi connectivity index (χ1) is 16.3. The van der Waals surface area contributed by atoms with Gasteiger partial charge in [-0.1, -0.05) is 32.1 Å². The molecule has 0 atom stereocenters. The Bertz CT molecular complexity index is 1210. The maximum Gasteiger partial charge on any atom is 0.412 e. The van der Waals surface area contributed by atoms with Crippen molar-refractivity contribution in [2.45, 2.75) is 52.8 Å². The summed E-state index contributed by atoms with van der Waals surface area (Å²) in [5.74, 6) is -0.548. The van der Waals surface area contributed by atoms with Crippen molar-refractivity contribution in [3.8, 4) is 18.9 Å². The molecule has 0 radical (unpaired) electrons. The van der Waals surface area contributed by atoms with Crippen LogP contribution in [0.2, 0.25) is 0 Å². The molecule has 1 heterocycles. The molecule has 0 saturated carbocycles. The number of nitrogens with zero attached hydrogens (tertiary/aromatic N) is 3. The Balaban J connectivity index is 0.00000298. The first kappa shape index (κ1) is 29.5. The van der Waals surface area contributed by atoms with Crippen LogP contribution in [0.25, 0.3) is 10.9 Å². The first-order valence-electron chi connectivity index (χ1n) is 11.0. The summed E-state index contributed by atoms with van der Waals surface area (Å²) in [5.41, 5.74) is -0.636. The third-order valence-corrected chi connectivity index (χ3v) is 5.48. The number of nitriles is 1. The van der Waals surface area contributed by atoms with E-state index in [1.807, 2.05) is 26.0 Å². The molecule has 8 heteroatoms. The highest BCUT2D eigenvalue weighted by Gasteiger charge is 2.31. The summed E-state index contributed by atoms with van der Waals surface area (Å²) in [5, 5.41) is 9.51. The molecular formula is C27H31F4N3O. The lowest BCUT2D eigenvalue weighted by atomic mass is 9.88. The molecule has 0 N–H and O–H groups in total. The topological polar surface area (TPSA) is 49.0 Å². The van der Waals surface area contributed by atoms with Gasteiger partial charge in [0.15, 0.2) is 0 Å². The minimum Gasteiger partial charge on any atom is -0.375 e. The number of hydrogen-bond acceptors (Lipinski definition) is 3.